The first-order valence-corrected chi connectivity index (χ1v) is 14.4. The molecule has 0 nitrogen and oxygen atoms in total. The van der Waals surface area contributed by atoms with E-state index in [0.717, 1.165) is 5.92 Å². The summed E-state index contributed by atoms with van der Waals surface area (Å²) in [7, 11) is 2.47. The average Bonchev–Trinajstić information content (AvgIpc) is 2.55. The quantitative estimate of drug-likeness (QED) is 0.620. The SMILES string of the molecule is CCC[CH2][Ge]1([CH2]CCC)[CH2]C(C)C[S]1. The van der Waals surface area contributed by atoms with E-state index in [9.17, 15) is 0 Å². The van der Waals surface area contributed by atoms with E-state index in [1.807, 2.05) is 0 Å². The van der Waals surface area contributed by atoms with Gasteiger partial charge in [-0.2, -0.15) is 0 Å². The Morgan fingerprint density at radius 3 is 2.07 bits per heavy atom. The molecule has 0 bridgehead atoms. The zero-order valence-electron chi connectivity index (χ0n) is 10.1. The Morgan fingerprint density at radius 2 is 1.71 bits per heavy atom. The molecule has 0 radical (unpaired) electrons. The molecule has 0 N–H and O–H groups in total. The van der Waals surface area contributed by atoms with Crippen molar-refractivity contribution >= 4 is 22.2 Å². The van der Waals surface area contributed by atoms with Gasteiger partial charge in [-0.15, -0.1) is 0 Å². The minimum absolute atomic E-state index is 1.05. The van der Waals surface area contributed by atoms with Gasteiger partial charge in [-0.25, -0.2) is 0 Å². The molecule has 1 rings (SSSR count). The number of hydrogen-bond donors (Lipinski definition) is 0. The van der Waals surface area contributed by atoms with Gasteiger partial charge in [-0.05, 0) is 0 Å². The Kier molecular flexibility index (Phi) is 5.99. The monoisotopic (exact) mass is 276 g/mol. The summed E-state index contributed by atoms with van der Waals surface area (Å²) in [4.78, 5) is 0. The molecule has 0 aromatic carbocycles. The van der Waals surface area contributed by atoms with Crippen LogP contribution in [0.3, 0.4) is 0 Å². The molecule has 84 valence electrons. The average molecular weight is 275 g/mol. The van der Waals surface area contributed by atoms with Crippen LogP contribution >= 0.6 is 10.1 Å². The second kappa shape index (κ2) is 6.47. The molecule has 1 aliphatic rings. The summed E-state index contributed by atoms with van der Waals surface area (Å²) in [5.41, 5.74) is 0. The first kappa shape index (κ1) is 13.0. The number of unbranched alkanes of at least 4 members (excludes halogenated alkanes) is 2. The van der Waals surface area contributed by atoms with Crippen LogP contribution in [-0.4, -0.2) is 17.9 Å². The van der Waals surface area contributed by atoms with Gasteiger partial charge in [0, 0.05) is 0 Å². The van der Waals surface area contributed by atoms with Crippen LogP contribution < -0.4 is 0 Å². The normalized spacial score (nSPS) is 25.5. The van der Waals surface area contributed by atoms with Gasteiger partial charge < -0.3 is 0 Å². The van der Waals surface area contributed by atoms with Gasteiger partial charge >= 0.3 is 96.1 Å². The third-order valence-corrected chi connectivity index (χ3v) is 20.9. The van der Waals surface area contributed by atoms with Crippen LogP contribution in [0.25, 0.3) is 0 Å². The van der Waals surface area contributed by atoms with Crippen molar-refractivity contribution < 1.29 is 0 Å². The van der Waals surface area contributed by atoms with Crippen LogP contribution in [0.4, 0.5) is 0 Å². The van der Waals surface area contributed by atoms with Crippen LogP contribution in [0.1, 0.15) is 46.5 Å². The van der Waals surface area contributed by atoms with Gasteiger partial charge in [0.05, 0.1) is 0 Å². The van der Waals surface area contributed by atoms with Crippen molar-refractivity contribution in [1.82, 2.24) is 0 Å². The van der Waals surface area contributed by atoms with E-state index in [1.165, 1.54) is 31.4 Å². The van der Waals surface area contributed by atoms with E-state index in [4.69, 9.17) is 0 Å². The van der Waals surface area contributed by atoms with Crippen molar-refractivity contribution in [2.45, 2.75) is 62.2 Å². The number of hydrogen-bond acceptors (Lipinski definition) is 1. The summed E-state index contributed by atoms with van der Waals surface area (Å²) >= 11 is -1.35. The van der Waals surface area contributed by atoms with Gasteiger partial charge in [-0.3, -0.25) is 0 Å². The molecule has 14 heavy (non-hydrogen) atoms. The van der Waals surface area contributed by atoms with Crippen molar-refractivity contribution in [3.63, 3.8) is 0 Å². The second-order valence-corrected chi connectivity index (χ2v) is 19.9. The fraction of sp³-hybridized carbons (Fsp3) is 1.00. The molecule has 1 atom stereocenters. The van der Waals surface area contributed by atoms with Gasteiger partial charge in [0.1, 0.15) is 0 Å². The molecule has 1 saturated heterocycles. The standard InChI is InChI=1S/C12H26GeS/c1-4-6-8-13(9-7-5-2)10-12(3)11-14-13/h12H,4-11H2,1-3H3. The van der Waals surface area contributed by atoms with Crippen LogP contribution in [0.2, 0.25) is 15.8 Å². The van der Waals surface area contributed by atoms with E-state index in [2.05, 4.69) is 30.9 Å². The molecule has 1 heterocycles. The summed E-state index contributed by atoms with van der Waals surface area (Å²) in [6, 6.07) is 0. The molecule has 0 aliphatic carbocycles. The molecular formula is C12H26GeS. The maximum absolute atomic E-state index is 2.47. The summed E-state index contributed by atoms with van der Waals surface area (Å²) < 4.78 is 0. The zero-order chi connectivity index (χ0) is 10.4. The van der Waals surface area contributed by atoms with E-state index in [0.29, 0.717) is 0 Å². The summed E-state index contributed by atoms with van der Waals surface area (Å²) in [6.07, 6.45) is 5.86. The van der Waals surface area contributed by atoms with Crippen LogP contribution in [0.5, 0.6) is 0 Å². The first-order valence-electron chi connectivity index (χ1n) is 6.36. The van der Waals surface area contributed by atoms with Gasteiger partial charge in [0.2, 0.25) is 0 Å². The molecule has 1 aliphatic heterocycles. The fourth-order valence-corrected chi connectivity index (χ4v) is 22.2. The molecule has 2 heteroatoms. The summed E-state index contributed by atoms with van der Waals surface area (Å²) in [5, 5.41) is 4.99. The second-order valence-electron chi connectivity index (χ2n) is 5.01. The third-order valence-electron chi connectivity index (χ3n) is 3.37. The van der Waals surface area contributed by atoms with Crippen LogP contribution in [-0.2, 0) is 0 Å². The third kappa shape index (κ3) is 3.80. The molecule has 0 aromatic heterocycles. The summed E-state index contributed by atoms with van der Waals surface area (Å²) in [6.45, 7) is 7.16. The van der Waals surface area contributed by atoms with Crippen molar-refractivity contribution in [2.75, 3.05) is 5.75 Å². The van der Waals surface area contributed by atoms with Crippen molar-refractivity contribution in [2.24, 2.45) is 5.92 Å². The van der Waals surface area contributed by atoms with E-state index in [1.54, 1.807) is 15.8 Å². The van der Waals surface area contributed by atoms with E-state index in [-0.39, 0.29) is 0 Å². The Balaban J connectivity index is 2.42. The Labute approximate surface area is 96.0 Å². The Bertz CT molecular complexity index is 150. The molecular weight excluding hydrogens is 249 g/mol. The van der Waals surface area contributed by atoms with Crippen molar-refractivity contribution in [3.05, 3.63) is 0 Å². The van der Waals surface area contributed by atoms with Crippen molar-refractivity contribution in [3.8, 4) is 0 Å². The fourth-order valence-electron chi connectivity index (χ4n) is 2.54. The van der Waals surface area contributed by atoms with Gasteiger partial charge in [0.25, 0.3) is 0 Å². The predicted octanol–water partition coefficient (Wildman–Crippen LogP) is 4.92. The maximum atomic E-state index is 2.47. The topological polar surface area (TPSA) is 0 Å². The number of rotatable bonds is 6. The summed E-state index contributed by atoms with van der Waals surface area (Å²) in [5.74, 6) is 2.54. The Morgan fingerprint density at radius 1 is 1.14 bits per heavy atom. The minimum atomic E-state index is -1.35. The molecule has 0 saturated carbocycles. The molecule has 0 aromatic rings. The van der Waals surface area contributed by atoms with Crippen LogP contribution in [0.15, 0.2) is 0 Å². The molecule has 0 amide bonds. The molecule has 1 fully saturated rings. The molecule has 0 spiro atoms. The van der Waals surface area contributed by atoms with E-state index >= 15 is 0 Å². The van der Waals surface area contributed by atoms with E-state index < -0.39 is 12.1 Å². The van der Waals surface area contributed by atoms with Gasteiger partial charge in [-0.1, -0.05) is 0 Å². The Hall–Kier alpha value is 0.893. The predicted molar refractivity (Wildman–Crippen MR) is 71.6 cm³/mol. The zero-order valence-corrected chi connectivity index (χ0v) is 13.1. The molecule has 1 unspecified atom stereocenters. The van der Waals surface area contributed by atoms with Crippen molar-refractivity contribution in [1.29, 1.82) is 0 Å². The first-order chi connectivity index (χ1) is 6.72. The van der Waals surface area contributed by atoms with Gasteiger partial charge in [0.15, 0.2) is 0 Å². The van der Waals surface area contributed by atoms with Crippen LogP contribution in [0, 0.1) is 5.92 Å².